The third kappa shape index (κ3) is 2.99. The van der Waals surface area contributed by atoms with Crippen LogP contribution in [-0.4, -0.2) is 10.5 Å². The van der Waals surface area contributed by atoms with Crippen LogP contribution in [0.3, 0.4) is 0 Å². The number of rotatable bonds is 1. The Morgan fingerprint density at radius 1 is 1.00 bits per heavy atom. The van der Waals surface area contributed by atoms with Crippen LogP contribution in [0.2, 0.25) is 5.02 Å². The number of hydrogen-bond donors (Lipinski definition) is 0. The van der Waals surface area contributed by atoms with Crippen LogP contribution in [0.4, 0.5) is 5.69 Å². The average Bonchev–Trinajstić information content (AvgIpc) is 3.11. The lowest BCUT2D eigenvalue weighted by atomic mass is 10.00. The zero-order valence-electron chi connectivity index (χ0n) is 13.8. The molecule has 1 aliphatic heterocycles. The van der Waals surface area contributed by atoms with Crippen molar-refractivity contribution in [3.63, 3.8) is 0 Å². The summed E-state index contributed by atoms with van der Waals surface area (Å²) in [6.45, 7) is 2.13. The van der Waals surface area contributed by atoms with Crippen molar-refractivity contribution in [1.29, 1.82) is 0 Å². The van der Waals surface area contributed by atoms with Gasteiger partial charge in [0.2, 0.25) is 5.91 Å². The van der Waals surface area contributed by atoms with Crippen molar-refractivity contribution in [2.24, 2.45) is 0 Å². The summed E-state index contributed by atoms with van der Waals surface area (Å²) >= 11 is 6.15. The first-order chi connectivity index (χ1) is 12.1. The minimum absolute atomic E-state index is 0.0132. The van der Waals surface area contributed by atoms with Gasteiger partial charge < -0.3 is 9.47 Å². The molecular formula is C21H17ClN2O. The Labute approximate surface area is 151 Å². The van der Waals surface area contributed by atoms with Crippen LogP contribution < -0.4 is 4.90 Å². The monoisotopic (exact) mass is 348 g/mol. The largest absolute Gasteiger partial charge is 0.324 e. The highest BCUT2D eigenvalue weighted by Crippen LogP contribution is 2.31. The summed E-state index contributed by atoms with van der Waals surface area (Å²) in [4.78, 5) is 14.0. The van der Waals surface area contributed by atoms with E-state index in [4.69, 9.17) is 11.6 Å². The molecule has 1 aliphatic rings. The third-order valence-corrected chi connectivity index (χ3v) is 4.70. The van der Waals surface area contributed by atoms with Crippen molar-refractivity contribution in [3.05, 3.63) is 82.6 Å². The van der Waals surface area contributed by atoms with Crippen LogP contribution in [0.25, 0.3) is 17.8 Å². The standard InChI is InChI=1S/C21H17ClN2O/c1-15(25)24-14-18-6-8-20(23-10-2-3-11-23)13-16(18)4-5-17-12-19(22)7-9-21(17)24/h2-13H,14H2,1H3. The molecule has 3 nitrogen and oxygen atoms in total. The van der Waals surface area contributed by atoms with Crippen molar-refractivity contribution in [2.75, 3.05) is 4.90 Å². The molecule has 0 fully saturated rings. The normalized spacial score (nSPS) is 13.0. The van der Waals surface area contributed by atoms with E-state index in [-0.39, 0.29) is 5.91 Å². The number of carbonyl (C=O) groups excluding carboxylic acids is 1. The molecule has 1 aromatic heterocycles. The lowest BCUT2D eigenvalue weighted by molar-refractivity contribution is -0.116. The van der Waals surface area contributed by atoms with E-state index in [1.165, 1.54) is 0 Å². The lowest BCUT2D eigenvalue weighted by Crippen LogP contribution is -2.29. The zero-order chi connectivity index (χ0) is 17.4. The second kappa shape index (κ2) is 6.26. The van der Waals surface area contributed by atoms with Gasteiger partial charge in [-0.2, -0.15) is 0 Å². The summed E-state index contributed by atoms with van der Waals surface area (Å²) in [6.07, 6.45) is 8.15. The minimum atomic E-state index is 0.0132. The van der Waals surface area contributed by atoms with Crippen molar-refractivity contribution < 1.29 is 4.79 Å². The van der Waals surface area contributed by atoms with Crippen LogP contribution in [0.1, 0.15) is 23.6 Å². The van der Waals surface area contributed by atoms with E-state index in [9.17, 15) is 4.79 Å². The number of anilines is 1. The van der Waals surface area contributed by atoms with E-state index in [0.717, 1.165) is 28.1 Å². The highest BCUT2D eigenvalue weighted by molar-refractivity contribution is 6.30. The number of nitrogens with zero attached hydrogens (tertiary/aromatic N) is 2. The first-order valence-corrected chi connectivity index (χ1v) is 8.51. The number of benzene rings is 2. The molecule has 2 heterocycles. The Balaban J connectivity index is 1.86. The molecule has 0 saturated heterocycles. The van der Waals surface area contributed by atoms with Gasteiger partial charge in [0.15, 0.2) is 0 Å². The average molecular weight is 349 g/mol. The molecule has 1 amide bonds. The van der Waals surface area contributed by atoms with Crippen LogP contribution in [-0.2, 0) is 11.3 Å². The first kappa shape index (κ1) is 15.7. The van der Waals surface area contributed by atoms with E-state index in [2.05, 4.69) is 28.8 Å². The topological polar surface area (TPSA) is 25.2 Å². The van der Waals surface area contributed by atoms with Gasteiger partial charge >= 0.3 is 0 Å². The fraction of sp³-hybridized carbons (Fsp3) is 0.0952. The molecule has 25 heavy (non-hydrogen) atoms. The summed E-state index contributed by atoms with van der Waals surface area (Å²) in [5, 5.41) is 0.661. The summed E-state index contributed by atoms with van der Waals surface area (Å²) < 4.78 is 2.07. The molecule has 0 aliphatic carbocycles. The first-order valence-electron chi connectivity index (χ1n) is 8.14. The van der Waals surface area contributed by atoms with Gasteiger partial charge in [-0.15, -0.1) is 0 Å². The SMILES string of the molecule is CC(=O)N1Cc2ccc(-n3cccc3)cc2C=Cc2cc(Cl)ccc21. The smallest absolute Gasteiger partial charge is 0.224 e. The van der Waals surface area contributed by atoms with Gasteiger partial charge in [-0.25, -0.2) is 0 Å². The van der Waals surface area contributed by atoms with Gasteiger partial charge in [0.25, 0.3) is 0 Å². The van der Waals surface area contributed by atoms with Crippen LogP contribution in [0, 0.1) is 0 Å². The molecule has 3 aromatic rings. The Bertz CT molecular complexity index is 974. The fourth-order valence-corrected chi connectivity index (χ4v) is 3.35. The molecule has 0 unspecified atom stereocenters. The van der Waals surface area contributed by atoms with Crippen LogP contribution in [0.5, 0.6) is 0 Å². The van der Waals surface area contributed by atoms with Gasteiger partial charge in [0, 0.05) is 30.0 Å². The molecule has 124 valence electrons. The number of carbonyl (C=O) groups is 1. The molecule has 0 spiro atoms. The van der Waals surface area contributed by atoms with E-state index in [1.807, 2.05) is 48.8 Å². The molecule has 0 bridgehead atoms. The second-order valence-corrected chi connectivity index (χ2v) is 6.55. The van der Waals surface area contributed by atoms with Gasteiger partial charge in [-0.1, -0.05) is 29.8 Å². The Morgan fingerprint density at radius 2 is 1.76 bits per heavy atom. The maximum atomic E-state index is 12.2. The highest BCUT2D eigenvalue weighted by atomic mass is 35.5. The van der Waals surface area contributed by atoms with Gasteiger partial charge in [0.1, 0.15) is 0 Å². The zero-order valence-corrected chi connectivity index (χ0v) is 14.6. The number of hydrogen-bond acceptors (Lipinski definition) is 1. The number of amides is 1. The molecule has 0 radical (unpaired) electrons. The van der Waals surface area contributed by atoms with E-state index < -0.39 is 0 Å². The maximum absolute atomic E-state index is 12.2. The van der Waals surface area contributed by atoms with Gasteiger partial charge in [-0.05, 0) is 59.2 Å². The lowest BCUT2D eigenvalue weighted by Gasteiger charge is -2.26. The van der Waals surface area contributed by atoms with Crippen molar-refractivity contribution in [1.82, 2.24) is 4.57 Å². The third-order valence-electron chi connectivity index (χ3n) is 4.46. The van der Waals surface area contributed by atoms with Gasteiger partial charge in [0.05, 0.1) is 12.2 Å². The van der Waals surface area contributed by atoms with Crippen molar-refractivity contribution in [2.45, 2.75) is 13.5 Å². The number of fused-ring (bicyclic) bond motifs is 2. The Morgan fingerprint density at radius 3 is 2.52 bits per heavy atom. The predicted octanol–water partition coefficient (Wildman–Crippen LogP) is 5.17. The summed E-state index contributed by atoms with van der Waals surface area (Å²) in [5.74, 6) is 0.0132. The summed E-state index contributed by atoms with van der Waals surface area (Å²) in [5.41, 5.74) is 5.13. The number of aromatic nitrogens is 1. The van der Waals surface area contributed by atoms with E-state index in [1.54, 1.807) is 11.8 Å². The maximum Gasteiger partial charge on any atom is 0.224 e. The molecule has 0 atom stereocenters. The second-order valence-electron chi connectivity index (χ2n) is 6.12. The molecule has 4 heteroatoms. The van der Waals surface area contributed by atoms with E-state index >= 15 is 0 Å². The summed E-state index contributed by atoms with van der Waals surface area (Å²) in [7, 11) is 0. The highest BCUT2D eigenvalue weighted by Gasteiger charge is 2.18. The molecule has 0 saturated carbocycles. The van der Waals surface area contributed by atoms with Crippen LogP contribution >= 0.6 is 11.6 Å². The quantitative estimate of drug-likeness (QED) is 0.595. The molecular weight excluding hydrogens is 332 g/mol. The van der Waals surface area contributed by atoms with Crippen molar-refractivity contribution >= 4 is 35.3 Å². The molecule has 0 N–H and O–H groups in total. The fourth-order valence-electron chi connectivity index (χ4n) is 3.17. The molecule has 4 rings (SSSR count). The van der Waals surface area contributed by atoms with E-state index in [0.29, 0.717) is 11.6 Å². The Kier molecular flexibility index (Phi) is 3.94. The Hall–Kier alpha value is -2.78. The van der Waals surface area contributed by atoms with Gasteiger partial charge in [-0.3, -0.25) is 4.79 Å². The number of halogens is 1. The predicted molar refractivity (Wildman–Crippen MR) is 103 cm³/mol. The summed E-state index contributed by atoms with van der Waals surface area (Å²) in [6, 6.07) is 15.9. The van der Waals surface area contributed by atoms with Crippen LogP contribution in [0.15, 0.2) is 60.9 Å². The molecule has 2 aromatic carbocycles. The van der Waals surface area contributed by atoms with Crippen molar-refractivity contribution in [3.8, 4) is 5.69 Å². The minimum Gasteiger partial charge on any atom is -0.324 e.